The zero-order chi connectivity index (χ0) is 20.1. The second-order valence-electron chi connectivity index (χ2n) is 5.29. The van der Waals surface area contributed by atoms with Crippen LogP contribution in [0.15, 0.2) is 0 Å². The lowest BCUT2D eigenvalue weighted by atomic mass is 10.2. The lowest BCUT2D eigenvalue weighted by Crippen LogP contribution is -2.23. The summed E-state index contributed by atoms with van der Waals surface area (Å²) in [7, 11) is 0. The summed E-state index contributed by atoms with van der Waals surface area (Å²) in [6.07, 6.45) is -1.26. The van der Waals surface area contributed by atoms with Gasteiger partial charge in [-0.1, -0.05) is 0 Å². The van der Waals surface area contributed by atoms with E-state index in [1.54, 1.807) is 0 Å². The van der Waals surface area contributed by atoms with Gasteiger partial charge in [-0.3, -0.25) is 0 Å². The van der Waals surface area contributed by atoms with Gasteiger partial charge in [0.25, 0.3) is 0 Å². The maximum atomic E-state index is 8.73. The van der Waals surface area contributed by atoms with Crippen LogP contribution in [-0.4, -0.2) is 115 Å². The zero-order valence-electron chi connectivity index (χ0n) is 14.6. The topological polar surface area (TPSA) is 202 Å². The Kier molecular flexibility index (Phi) is 27.7. The van der Waals surface area contributed by atoms with E-state index in [9.17, 15) is 0 Å². The molecular formula is C15H36O10. The molecule has 10 N–H and O–H groups in total. The van der Waals surface area contributed by atoms with Gasteiger partial charge in [-0.2, -0.15) is 0 Å². The molecule has 0 bridgehead atoms. The number of aliphatic hydroxyl groups is 10. The van der Waals surface area contributed by atoms with Crippen molar-refractivity contribution < 1.29 is 51.1 Å². The fourth-order valence-corrected chi connectivity index (χ4v) is 1.32. The third-order valence-corrected chi connectivity index (χ3v) is 2.80. The van der Waals surface area contributed by atoms with Crippen molar-refractivity contribution in [2.45, 2.75) is 56.5 Å². The molecule has 25 heavy (non-hydrogen) atoms. The van der Waals surface area contributed by atoms with E-state index in [1.807, 2.05) is 0 Å². The second-order valence-corrected chi connectivity index (χ2v) is 5.29. The Balaban J connectivity index is -0.000000291. The average Bonchev–Trinajstić information content (AvgIpc) is 2.60. The average molecular weight is 376 g/mol. The van der Waals surface area contributed by atoms with Crippen molar-refractivity contribution in [2.75, 3.05) is 39.6 Å². The normalized spacial score (nSPS) is 14.0. The molecule has 10 nitrogen and oxygen atoms in total. The summed E-state index contributed by atoms with van der Waals surface area (Å²) in [5.74, 6) is 0. The van der Waals surface area contributed by atoms with Crippen LogP contribution in [-0.2, 0) is 0 Å². The molecule has 0 aliphatic heterocycles. The molecule has 0 aliphatic rings. The molecule has 156 valence electrons. The van der Waals surface area contributed by atoms with Gasteiger partial charge in [0, 0.05) is 26.2 Å². The highest BCUT2D eigenvalue weighted by Crippen LogP contribution is 1.95. The highest BCUT2D eigenvalue weighted by molar-refractivity contribution is 4.60. The van der Waals surface area contributed by atoms with Crippen LogP contribution in [0.3, 0.4) is 0 Å². The van der Waals surface area contributed by atoms with Gasteiger partial charge in [0.2, 0.25) is 0 Å². The fraction of sp³-hybridized carbons (Fsp3) is 1.00. The third kappa shape index (κ3) is 28.7. The summed E-state index contributed by atoms with van der Waals surface area (Å²) in [6, 6.07) is 0. The molecule has 3 unspecified atom stereocenters. The molecule has 0 amide bonds. The van der Waals surface area contributed by atoms with Gasteiger partial charge in [0.15, 0.2) is 0 Å². The standard InChI is InChI=1S/C5H12O4.2C5H12O3/c6-2-4(8)1-5(9)3-7;6-3-1-5(8)2-4-7;6-3-1-2-5(8)4-7/h4-9H,1-3H2;2*5-8H,1-4H2. The van der Waals surface area contributed by atoms with Gasteiger partial charge < -0.3 is 51.1 Å². The van der Waals surface area contributed by atoms with Crippen LogP contribution < -0.4 is 0 Å². The molecule has 0 aromatic heterocycles. The maximum absolute atomic E-state index is 8.73. The largest absolute Gasteiger partial charge is 0.396 e. The molecule has 0 aliphatic carbocycles. The van der Waals surface area contributed by atoms with Crippen molar-refractivity contribution in [3.05, 3.63) is 0 Å². The van der Waals surface area contributed by atoms with E-state index < -0.39 is 24.4 Å². The second kappa shape index (κ2) is 23.6. The summed E-state index contributed by atoms with van der Waals surface area (Å²) in [6.45, 7) is -0.909. The Morgan fingerprint density at radius 1 is 0.440 bits per heavy atom. The van der Waals surface area contributed by atoms with E-state index in [0.29, 0.717) is 25.7 Å². The van der Waals surface area contributed by atoms with E-state index in [1.165, 1.54) is 0 Å². The molecule has 10 heteroatoms. The van der Waals surface area contributed by atoms with E-state index >= 15 is 0 Å². The van der Waals surface area contributed by atoms with Crippen LogP contribution in [0.4, 0.5) is 0 Å². The Bertz CT molecular complexity index is 218. The molecule has 0 saturated heterocycles. The molecule has 3 atom stereocenters. The first-order chi connectivity index (χ1) is 11.8. The van der Waals surface area contributed by atoms with Gasteiger partial charge in [-0.05, 0) is 25.7 Å². The van der Waals surface area contributed by atoms with Crippen molar-refractivity contribution in [1.82, 2.24) is 0 Å². The minimum Gasteiger partial charge on any atom is -0.396 e. The molecule has 0 rings (SSSR count). The van der Waals surface area contributed by atoms with Crippen molar-refractivity contribution >= 4 is 0 Å². The zero-order valence-corrected chi connectivity index (χ0v) is 14.6. The Morgan fingerprint density at radius 2 is 0.840 bits per heavy atom. The van der Waals surface area contributed by atoms with Crippen LogP contribution in [0.1, 0.15) is 32.1 Å². The van der Waals surface area contributed by atoms with E-state index in [4.69, 9.17) is 51.1 Å². The van der Waals surface area contributed by atoms with Gasteiger partial charge in [0.05, 0.1) is 44.2 Å². The Hall–Kier alpha value is -0.400. The van der Waals surface area contributed by atoms with Gasteiger partial charge in [0.1, 0.15) is 0 Å². The molecule has 0 heterocycles. The summed E-state index contributed by atoms with van der Waals surface area (Å²) in [4.78, 5) is 0. The lowest BCUT2D eigenvalue weighted by Gasteiger charge is -2.09. The number of hydrogen-bond acceptors (Lipinski definition) is 10. The minimum atomic E-state index is -0.924. The first-order valence-corrected chi connectivity index (χ1v) is 8.20. The van der Waals surface area contributed by atoms with Crippen LogP contribution in [0, 0.1) is 0 Å². The highest BCUT2D eigenvalue weighted by Gasteiger charge is 2.08. The SMILES string of the molecule is OCC(O)CC(O)CO.OCCC(O)CCO.OCCCC(O)CO. The van der Waals surface area contributed by atoms with Crippen molar-refractivity contribution in [2.24, 2.45) is 0 Å². The highest BCUT2D eigenvalue weighted by atomic mass is 16.3. The molecule has 0 fully saturated rings. The van der Waals surface area contributed by atoms with Crippen LogP contribution in [0.5, 0.6) is 0 Å². The first-order valence-electron chi connectivity index (χ1n) is 8.20. The quantitative estimate of drug-likeness (QED) is 0.161. The van der Waals surface area contributed by atoms with Crippen LogP contribution in [0.25, 0.3) is 0 Å². The fourth-order valence-electron chi connectivity index (χ4n) is 1.32. The predicted octanol–water partition coefficient (Wildman–Crippen LogP) is -3.69. The smallest absolute Gasteiger partial charge is 0.0796 e. The van der Waals surface area contributed by atoms with Crippen LogP contribution in [0.2, 0.25) is 0 Å². The number of rotatable bonds is 12. The molecule has 0 spiro atoms. The predicted molar refractivity (Wildman–Crippen MR) is 89.6 cm³/mol. The molecule has 0 aromatic carbocycles. The Labute approximate surface area is 148 Å². The van der Waals surface area contributed by atoms with E-state index in [0.717, 1.165) is 0 Å². The van der Waals surface area contributed by atoms with E-state index in [-0.39, 0.29) is 46.1 Å². The van der Waals surface area contributed by atoms with Gasteiger partial charge in [-0.25, -0.2) is 0 Å². The van der Waals surface area contributed by atoms with Gasteiger partial charge >= 0.3 is 0 Å². The molecule has 0 saturated carbocycles. The van der Waals surface area contributed by atoms with Crippen molar-refractivity contribution in [1.29, 1.82) is 0 Å². The third-order valence-electron chi connectivity index (χ3n) is 2.80. The molecular weight excluding hydrogens is 340 g/mol. The minimum absolute atomic E-state index is 0.0127. The summed E-state index contributed by atoms with van der Waals surface area (Å²) in [5.41, 5.74) is 0. The van der Waals surface area contributed by atoms with Gasteiger partial charge in [-0.15, -0.1) is 0 Å². The number of hydrogen-bond donors (Lipinski definition) is 10. The maximum Gasteiger partial charge on any atom is 0.0796 e. The van der Waals surface area contributed by atoms with Crippen LogP contribution >= 0.6 is 0 Å². The Morgan fingerprint density at radius 3 is 1.12 bits per heavy atom. The monoisotopic (exact) mass is 376 g/mol. The van der Waals surface area contributed by atoms with Crippen molar-refractivity contribution in [3.63, 3.8) is 0 Å². The molecule has 0 radical (unpaired) electrons. The summed E-state index contributed by atoms with van der Waals surface area (Å²) < 4.78 is 0. The summed E-state index contributed by atoms with van der Waals surface area (Å²) in [5, 5.41) is 84.0. The first kappa shape index (κ1) is 29.4. The summed E-state index contributed by atoms with van der Waals surface area (Å²) >= 11 is 0. The number of aliphatic hydroxyl groups excluding tert-OH is 10. The van der Waals surface area contributed by atoms with Crippen molar-refractivity contribution in [3.8, 4) is 0 Å². The van der Waals surface area contributed by atoms with E-state index in [2.05, 4.69) is 0 Å². The lowest BCUT2D eigenvalue weighted by molar-refractivity contribution is 0.0182. The molecule has 0 aromatic rings.